The maximum absolute atomic E-state index is 12.3. The second-order valence-electron chi connectivity index (χ2n) is 6.76. The Balaban J connectivity index is 1.50. The zero-order chi connectivity index (χ0) is 16.9. The van der Waals surface area contributed by atoms with E-state index in [9.17, 15) is 9.90 Å². The molecule has 1 amide bonds. The standard InChI is InChI=1S/C17H28N4O3/c1-20-13(7-8-18-20)5-6-16(22)19-14-3-2-4-15(17(14)23)21-9-11-24-12-10-21/h7-8,14-15,17,23H,2-6,9-12H2,1H3,(H,19,22)/t14-,15-,17-/m1/s1. The number of aryl methyl sites for hydroxylation is 2. The van der Waals surface area contributed by atoms with Gasteiger partial charge in [-0.15, -0.1) is 0 Å². The van der Waals surface area contributed by atoms with Gasteiger partial charge in [0.2, 0.25) is 5.91 Å². The van der Waals surface area contributed by atoms with Gasteiger partial charge in [0, 0.05) is 44.5 Å². The molecule has 1 aliphatic heterocycles. The summed E-state index contributed by atoms with van der Waals surface area (Å²) >= 11 is 0. The summed E-state index contributed by atoms with van der Waals surface area (Å²) in [5.74, 6) is 0.00266. The van der Waals surface area contributed by atoms with Gasteiger partial charge in [0.05, 0.1) is 25.4 Å². The van der Waals surface area contributed by atoms with Crippen LogP contribution in [0.1, 0.15) is 31.4 Å². The van der Waals surface area contributed by atoms with Gasteiger partial charge in [-0.3, -0.25) is 14.4 Å². The summed E-state index contributed by atoms with van der Waals surface area (Å²) in [6, 6.07) is 1.91. The van der Waals surface area contributed by atoms with Crippen molar-refractivity contribution in [3.8, 4) is 0 Å². The highest BCUT2D eigenvalue weighted by Crippen LogP contribution is 2.24. The predicted molar refractivity (Wildman–Crippen MR) is 89.5 cm³/mol. The van der Waals surface area contributed by atoms with Crippen LogP contribution in [0.5, 0.6) is 0 Å². The van der Waals surface area contributed by atoms with E-state index in [1.807, 2.05) is 13.1 Å². The monoisotopic (exact) mass is 336 g/mol. The lowest BCUT2D eigenvalue weighted by atomic mass is 9.86. The van der Waals surface area contributed by atoms with Crippen LogP contribution in [0.4, 0.5) is 0 Å². The van der Waals surface area contributed by atoms with Crippen molar-refractivity contribution in [1.29, 1.82) is 0 Å². The van der Waals surface area contributed by atoms with Crippen molar-refractivity contribution in [2.75, 3.05) is 26.3 Å². The van der Waals surface area contributed by atoms with Crippen LogP contribution in [-0.4, -0.2) is 70.2 Å². The fourth-order valence-electron chi connectivity index (χ4n) is 3.79. The molecule has 3 atom stereocenters. The van der Waals surface area contributed by atoms with Gasteiger partial charge in [-0.1, -0.05) is 0 Å². The maximum Gasteiger partial charge on any atom is 0.220 e. The first kappa shape index (κ1) is 17.4. The quantitative estimate of drug-likeness (QED) is 0.796. The van der Waals surface area contributed by atoms with Gasteiger partial charge in [0.1, 0.15) is 0 Å². The van der Waals surface area contributed by atoms with Crippen LogP contribution in [0.15, 0.2) is 12.3 Å². The second-order valence-corrected chi connectivity index (χ2v) is 6.76. The highest BCUT2D eigenvalue weighted by Gasteiger charge is 2.36. The first-order chi connectivity index (χ1) is 11.6. The topological polar surface area (TPSA) is 79.6 Å². The molecule has 1 aliphatic carbocycles. The van der Waals surface area contributed by atoms with E-state index in [1.54, 1.807) is 10.9 Å². The van der Waals surface area contributed by atoms with Crippen molar-refractivity contribution in [2.45, 2.75) is 50.3 Å². The molecule has 3 rings (SSSR count). The Bertz CT molecular complexity index is 542. The number of rotatable bonds is 5. The molecule has 2 N–H and O–H groups in total. The van der Waals surface area contributed by atoms with Gasteiger partial charge in [0.25, 0.3) is 0 Å². The summed E-state index contributed by atoms with van der Waals surface area (Å²) in [5.41, 5.74) is 1.04. The van der Waals surface area contributed by atoms with Gasteiger partial charge in [-0.2, -0.15) is 5.10 Å². The largest absolute Gasteiger partial charge is 0.389 e. The lowest BCUT2D eigenvalue weighted by molar-refractivity contribution is -0.124. The van der Waals surface area contributed by atoms with Crippen LogP contribution in [0.3, 0.4) is 0 Å². The Morgan fingerprint density at radius 1 is 1.42 bits per heavy atom. The summed E-state index contributed by atoms with van der Waals surface area (Å²) in [5, 5.41) is 17.9. The predicted octanol–water partition coefficient (Wildman–Crippen LogP) is 0.0831. The van der Waals surface area contributed by atoms with Gasteiger partial charge in [-0.25, -0.2) is 0 Å². The number of aliphatic hydroxyl groups excluding tert-OH is 1. The smallest absolute Gasteiger partial charge is 0.220 e. The van der Waals surface area contributed by atoms with Crippen molar-refractivity contribution in [1.82, 2.24) is 20.0 Å². The Labute approximate surface area is 143 Å². The fraction of sp³-hybridized carbons (Fsp3) is 0.765. The van der Waals surface area contributed by atoms with E-state index in [0.717, 1.165) is 51.3 Å². The van der Waals surface area contributed by atoms with E-state index in [0.29, 0.717) is 12.8 Å². The molecule has 134 valence electrons. The number of ether oxygens (including phenoxy) is 1. The molecule has 0 aromatic carbocycles. The molecule has 2 heterocycles. The fourth-order valence-corrected chi connectivity index (χ4v) is 3.79. The first-order valence-electron chi connectivity index (χ1n) is 8.91. The lowest BCUT2D eigenvalue weighted by Crippen LogP contribution is -2.58. The van der Waals surface area contributed by atoms with Crippen molar-refractivity contribution >= 4 is 5.91 Å². The van der Waals surface area contributed by atoms with Gasteiger partial charge in [-0.05, 0) is 31.7 Å². The Morgan fingerprint density at radius 2 is 2.21 bits per heavy atom. The molecule has 0 unspecified atom stereocenters. The van der Waals surface area contributed by atoms with Gasteiger partial charge >= 0.3 is 0 Å². The Morgan fingerprint density at radius 3 is 2.92 bits per heavy atom. The third-order valence-electron chi connectivity index (χ3n) is 5.21. The van der Waals surface area contributed by atoms with Crippen molar-refractivity contribution in [3.63, 3.8) is 0 Å². The molecular formula is C17H28N4O3. The maximum atomic E-state index is 12.3. The molecule has 1 saturated carbocycles. The number of carbonyl (C=O) groups excluding carboxylic acids is 1. The molecule has 1 aromatic rings. The minimum absolute atomic E-state index is 0.00266. The van der Waals surface area contributed by atoms with Crippen molar-refractivity contribution in [2.24, 2.45) is 7.05 Å². The van der Waals surface area contributed by atoms with Crippen LogP contribution >= 0.6 is 0 Å². The number of hydrogen-bond acceptors (Lipinski definition) is 5. The number of carbonyl (C=O) groups is 1. The second kappa shape index (κ2) is 8.09. The van der Waals surface area contributed by atoms with Crippen molar-refractivity contribution in [3.05, 3.63) is 18.0 Å². The third-order valence-corrected chi connectivity index (χ3v) is 5.21. The molecule has 0 radical (unpaired) electrons. The highest BCUT2D eigenvalue weighted by atomic mass is 16.5. The number of aromatic nitrogens is 2. The lowest BCUT2D eigenvalue weighted by Gasteiger charge is -2.43. The van der Waals surface area contributed by atoms with E-state index in [4.69, 9.17) is 4.74 Å². The first-order valence-corrected chi connectivity index (χ1v) is 8.91. The summed E-state index contributed by atoms with van der Waals surface area (Å²) in [7, 11) is 1.88. The normalized spacial score (nSPS) is 28.7. The molecular weight excluding hydrogens is 308 g/mol. The highest BCUT2D eigenvalue weighted by molar-refractivity contribution is 5.76. The molecule has 7 heteroatoms. The van der Waals surface area contributed by atoms with Crippen LogP contribution in [0.2, 0.25) is 0 Å². The van der Waals surface area contributed by atoms with Crippen LogP contribution in [0, 0.1) is 0 Å². The number of morpholine rings is 1. The Kier molecular flexibility index (Phi) is 5.86. The summed E-state index contributed by atoms with van der Waals surface area (Å²) in [6.45, 7) is 3.18. The molecule has 0 spiro atoms. The van der Waals surface area contributed by atoms with Crippen molar-refractivity contribution < 1.29 is 14.6 Å². The summed E-state index contributed by atoms with van der Waals surface area (Å²) < 4.78 is 7.18. The minimum Gasteiger partial charge on any atom is -0.389 e. The molecule has 2 aliphatic rings. The number of aliphatic hydroxyl groups is 1. The average molecular weight is 336 g/mol. The van der Waals surface area contributed by atoms with E-state index in [2.05, 4.69) is 15.3 Å². The number of hydrogen-bond donors (Lipinski definition) is 2. The van der Waals surface area contributed by atoms with E-state index < -0.39 is 6.10 Å². The SMILES string of the molecule is Cn1nccc1CCC(=O)N[C@@H]1CCC[C@@H](N2CCOCC2)[C@@H]1O. The number of nitrogens with one attached hydrogen (secondary N) is 1. The van der Waals surface area contributed by atoms with Gasteiger partial charge in [0.15, 0.2) is 0 Å². The zero-order valence-corrected chi connectivity index (χ0v) is 14.4. The molecule has 24 heavy (non-hydrogen) atoms. The van der Waals surface area contributed by atoms with E-state index in [1.165, 1.54) is 0 Å². The number of amides is 1. The average Bonchev–Trinajstić information content (AvgIpc) is 3.01. The molecule has 1 saturated heterocycles. The molecule has 1 aromatic heterocycles. The van der Waals surface area contributed by atoms with Crippen LogP contribution in [0.25, 0.3) is 0 Å². The minimum atomic E-state index is -0.502. The zero-order valence-electron chi connectivity index (χ0n) is 14.4. The number of nitrogens with zero attached hydrogens (tertiary/aromatic N) is 3. The molecule has 2 fully saturated rings. The Hall–Kier alpha value is -1.44. The van der Waals surface area contributed by atoms with Crippen LogP contribution < -0.4 is 5.32 Å². The third kappa shape index (κ3) is 4.15. The van der Waals surface area contributed by atoms with E-state index in [-0.39, 0.29) is 18.0 Å². The van der Waals surface area contributed by atoms with E-state index >= 15 is 0 Å². The molecule has 0 bridgehead atoms. The summed E-state index contributed by atoms with van der Waals surface area (Å²) in [4.78, 5) is 14.6. The van der Waals surface area contributed by atoms with Gasteiger partial charge < -0.3 is 15.2 Å². The van der Waals surface area contributed by atoms with Crippen LogP contribution in [-0.2, 0) is 23.0 Å². The summed E-state index contributed by atoms with van der Waals surface area (Å²) in [6.07, 6.45) is 5.19. The molecule has 7 nitrogen and oxygen atoms in total.